The molecule has 4 nitrogen and oxygen atoms in total. The molecule has 9 rings (SSSR count). The Morgan fingerprint density at radius 2 is 1.20 bits per heavy atom. The molecule has 0 aliphatic rings. The molecule has 7 aromatic carbocycles. The number of imidazole rings is 1. The molecule has 0 amide bonds. The van der Waals surface area contributed by atoms with Gasteiger partial charge in [0.2, 0.25) is 0 Å². The van der Waals surface area contributed by atoms with Gasteiger partial charge >= 0.3 is 0 Å². The first-order valence-corrected chi connectivity index (χ1v) is 23.6. The molecule has 1 N–H and O–H groups in total. The molecule has 0 atom stereocenters. The molecule has 2 heterocycles. The van der Waals surface area contributed by atoms with Crippen LogP contribution in [-0.4, -0.2) is 19.6 Å². The normalized spacial score (nSPS) is 13.3. The van der Waals surface area contributed by atoms with Gasteiger partial charge in [0.15, 0.2) is 0 Å². The Kier molecular flexibility index (Phi) is 12.0. The van der Waals surface area contributed by atoms with Gasteiger partial charge in [-0.05, 0) is 98.3 Å². The Morgan fingerprint density at radius 3 is 1.81 bits per heavy atom. The van der Waals surface area contributed by atoms with Crippen LogP contribution in [0.3, 0.4) is 0 Å². The summed E-state index contributed by atoms with van der Waals surface area (Å²) in [6.45, 7) is 21.3. The molecule has 0 saturated heterocycles. The summed E-state index contributed by atoms with van der Waals surface area (Å²) < 4.78 is 35.4. The van der Waals surface area contributed by atoms with Gasteiger partial charge in [-0.25, -0.2) is 4.98 Å². The van der Waals surface area contributed by atoms with Crippen molar-refractivity contribution in [1.82, 2.24) is 14.5 Å². The number of phenols is 1. The Hall–Kier alpha value is -6.35. The maximum atomic E-state index is 12.7. The topological polar surface area (TPSA) is 50.9 Å². The van der Waals surface area contributed by atoms with Crippen molar-refractivity contribution in [3.05, 3.63) is 192 Å². The van der Waals surface area contributed by atoms with Crippen molar-refractivity contribution in [3.63, 3.8) is 0 Å². The van der Waals surface area contributed by atoms with Crippen LogP contribution in [-0.2, 0) is 37.3 Å². The number of benzene rings is 7. The van der Waals surface area contributed by atoms with E-state index in [4.69, 9.17) is 14.1 Å². The molecule has 0 saturated carbocycles. The van der Waals surface area contributed by atoms with Crippen molar-refractivity contribution in [2.24, 2.45) is 0 Å². The first-order valence-electron chi connectivity index (χ1n) is 25.6. The van der Waals surface area contributed by atoms with Crippen molar-refractivity contribution < 1.29 is 31.7 Å². The van der Waals surface area contributed by atoms with E-state index >= 15 is 0 Å². The number of nitrogens with zero attached hydrogens (tertiary/aromatic N) is 3. The summed E-state index contributed by atoms with van der Waals surface area (Å²) in [4.78, 5) is 10.6. The molecule has 0 radical (unpaired) electrons. The number of aromatic hydroxyl groups is 1. The smallest absolute Gasteiger partial charge is 0.148 e. The largest absolute Gasteiger partial charge is 0.507 e. The van der Waals surface area contributed by atoms with Crippen molar-refractivity contribution in [3.8, 4) is 78.6 Å². The Balaban J connectivity index is 0.00000711. The van der Waals surface area contributed by atoms with Crippen molar-refractivity contribution >= 4 is 11.0 Å². The van der Waals surface area contributed by atoms with Crippen LogP contribution in [0.5, 0.6) is 5.75 Å². The fourth-order valence-corrected chi connectivity index (χ4v) is 9.15. The molecule has 0 unspecified atom stereocenters. The minimum atomic E-state index is -2.19. The van der Waals surface area contributed by atoms with Gasteiger partial charge in [-0.3, -0.25) is 9.55 Å². The monoisotopic (exact) mass is 1090 g/mol. The van der Waals surface area contributed by atoms with Crippen LogP contribution in [0.1, 0.15) is 115 Å². The van der Waals surface area contributed by atoms with Gasteiger partial charge in [0.25, 0.3) is 0 Å². The molecule has 9 aromatic rings. The number of para-hydroxylation sites is 1. The van der Waals surface area contributed by atoms with E-state index in [-0.39, 0.29) is 37.6 Å². The fourth-order valence-electron chi connectivity index (χ4n) is 9.15. The standard InChI is InChI=1S/C64H64N3O.Pt/c1-40(2)51-38-53(44-22-17-14-18-23-44)58(39-52(51)43-20-15-13-16-21-43)67-57-25-19-24-50(59(57)66-61(67)54-36-49(63(7,8)9)37-55(60(54)68)64(10,11)12)46-32-47(34-48(33-46)62(4,5)6)56-35-45(30-31-65-56)42-28-26-41(3)27-29-42;/h13-31,33-40,68H,1-12H3;/q-1;/i3D3,40D;. The first-order chi connectivity index (χ1) is 33.8. The average Bonchev–Trinajstić information content (AvgIpc) is 3.72. The van der Waals surface area contributed by atoms with E-state index in [1.54, 1.807) is 18.3 Å². The van der Waals surface area contributed by atoms with Gasteiger partial charge in [0.1, 0.15) is 11.6 Å². The molecule has 0 spiro atoms. The van der Waals surface area contributed by atoms with E-state index in [2.05, 4.69) is 152 Å². The summed E-state index contributed by atoms with van der Waals surface area (Å²) in [6.07, 6.45) is 1.79. The van der Waals surface area contributed by atoms with Crippen molar-refractivity contribution in [1.29, 1.82) is 0 Å². The van der Waals surface area contributed by atoms with Crippen LogP contribution in [0.15, 0.2) is 158 Å². The Morgan fingerprint density at radius 1 is 0.580 bits per heavy atom. The van der Waals surface area contributed by atoms with E-state index in [9.17, 15) is 6.48 Å². The maximum Gasteiger partial charge on any atom is 0.148 e. The molecular formula is C64H64N3OPt-. The summed E-state index contributed by atoms with van der Waals surface area (Å²) in [6, 6.07) is 54.8. The van der Waals surface area contributed by atoms with Crippen LogP contribution in [0.4, 0.5) is 0 Å². The van der Waals surface area contributed by atoms with Gasteiger partial charge in [-0.2, -0.15) is 0 Å². The zero-order valence-corrected chi connectivity index (χ0v) is 43.9. The van der Waals surface area contributed by atoms with E-state index in [1.807, 2.05) is 74.5 Å². The van der Waals surface area contributed by atoms with Crippen LogP contribution in [0, 0.1) is 12.9 Å². The van der Waals surface area contributed by atoms with E-state index < -0.39 is 18.2 Å². The molecule has 69 heavy (non-hydrogen) atoms. The van der Waals surface area contributed by atoms with Crippen molar-refractivity contribution in [2.45, 2.75) is 105 Å². The van der Waals surface area contributed by atoms with Crippen LogP contribution in [0.25, 0.3) is 83.9 Å². The van der Waals surface area contributed by atoms with E-state index in [1.165, 1.54) is 0 Å². The zero-order valence-electron chi connectivity index (χ0n) is 45.6. The molecule has 0 aliphatic heterocycles. The number of phenolic OH excluding ortho intramolecular Hbond substituents is 1. The summed E-state index contributed by atoms with van der Waals surface area (Å²) in [5, 5.41) is 12.7. The minimum Gasteiger partial charge on any atom is -0.507 e. The zero-order chi connectivity index (χ0) is 51.7. The van der Waals surface area contributed by atoms with Crippen LogP contribution < -0.4 is 0 Å². The molecule has 0 bridgehead atoms. The number of hydrogen-bond acceptors (Lipinski definition) is 3. The number of aryl methyl sites for hydroxylation is 1. The number of aromatic nitrogens is 3. The first kappa shape index (κ1) is 43.9. The minimum absolute atomic E-state index is 0. The summed E-state index contributed by atoms with van der Waals surface area (Å²) >= 11 is 0. The molecule has 0 aliphatic carbocycles. The molecule has 352 valence electrons. The van der Waals surface area contributed by atoms with E-state index in [0.29, 0.717) is 17.0 Å². The van der Waals surface area contributed by atoms with E-state index in [0.717, 1.165) is 94.7 Å². The van der Waals surface area contributed by atoms with Gasteiger partial charge in [0.05, 0.1) is 22.3 Å². The SMILES string of the molecule is [2H]C([2H])([2H])c1ccc(-c2ccnc(-c3[c-]c(-c4cccc5c4nc(-c4cc(C(C)(C)C)cc(C(C)(C)C)c4O)n5-c4cc(-c5ccccc5)c(C([2H])(C)C)cc4-c4ccccc4)cc(C(C)(C)C)c3)c2)cc1.[Pt]. The maximum absolute atomic E-state index is 12.7. The Labute approximate surface area is 430 Å². The Bertz CT molecular complexity index is 3480. The quantitative estimate of drug-likeness (QED) is 0.154. The fraction of sp³-hybridized carbons (Fsp3) is 0.250. The third kappa shape index (κ3) is 9.79. The van der Waals surface area contributed by atoms with Gasteiger partial charge in [-0.15, -0.1) is 29.3 Å². The van der Waals surface area contributed by atoms with Crippen molar-refractivity contribution in [2.75, 3.05) is 0 Å². The number of rotatable bonds is 8. The third-order valence-corrected chi connectivity index (χ3v) is 13.1. The molecule has 2 aromatic heterocycles. The number of fused-ring (bicyclic) bond motifs is 1. The molecule has 0 fully saturated rings. The second-order valence-corrected chi connectivity index (χ2v) is 21.5. The van der Waals surface area contributed by atoms with Crippen LogP contribution >= 0.6 is 0 Å². The second-order valence-electron chi connectivity index (χ2n) is 21.5. The number of pyridine rings is 1. The van der Waals surface area contributed by atoms with Gasteiger partial charge in [0, 0.05) is 49.6 Å². The number of hydrogen-bond donors (Lipinski definition) is 1. The average molecular weight is 1090 g/mol. The summed E-state index contributed by atoms with van der Waals surface area (Å²) in [5.74, 6) is -0.179. The molecule has 5 heteroatoms. The summed E-state index contributed by atoms with van der Waals surface area (Å²) in [5.41, 5.74) is 15.3. The van der Waals surface area contributed by atoms with Gasteiger partial charge < -0.3 is 5.11 Å². The second kappa shape index (κ2) is 18.9. The predicted molar refractivity (Wildman–Crippen MR) is 287 cm³/mol. The summed E-state index contributed by atoms with van der Waals surface area (Å²) in [7, 11) is 0. The predicted octanol–water partition coefficient (Wildman–Crippen LogP) is 17.3. The van der Waals surface area contributed by atoms with Gasteiger partial charge in [-0.1, -0.05) is 202 Å². The molecular weight excluding hydrogens is 1020 g/mol. The third-order valence-electron chi connectivity index (χ3n) is 13.1. The van der Waals surface area contributed by atoms with Crippen LogP contribution in [0.2, 0.25) is 0 Å².